The molecule has 2 aromatic rings. The highest BCUT2D eigenvalue weighted by molar-refractivity contribution is 9.10. The third kappa shape index (κ3) is 3.61. The quantitative estimate of drug-likeness (QED) is 0.774. The molecule has 7 heteroatoms. The van der Waals surface area contributed by atoms with Gasteiger partial charge in [0, 0.05) is 49.0 Å². The molecule has 25 heavy (non-hydrogen) atoms. The summed E-state index contributed by atoms with van der Waals surface area (Å²) in [5.41, 5.74) is 0. The lowest BCUT2D eigenvalue weighted by Gasteiger charge is -2.38. The van der Waals surface area contributed by atoms with Gasteiger partial charge in [-0.05, 0) is 53.7 Å². The molecule has 1 aliphatic heterocycles. The van der Waals surface area contributed by atoms with Crippen LogP contribution in [0.4, 0.5) is 16.0 Å². The Kier molecular flexibility index (Phi) is 4.58. The van der Waals surface area contributed by atoms with Gasteiger partial charge in [-0.3, -0.25) is 0 Å². The number of halogens is 2. The van der Waals surface area contributed by atoms with Gasteiger partial charge in [-0.1, -0.05) is 0 Å². The van der Waals surface area contributed by atoms with Crippen LogP contribution in [0.15, 0.2) is 29.0 Å². The standard InChI is InChI=1S/C18H21BrFN5/c1-24(16-6-7-21-17(23-16)12-4-5-12)14-3-2-8-25(11-14)18-15(20)9-13(19)10-22-18/h6-7,9-10,12,14H,2-5,8,11H2,1H3. The lowest BCUT2D eigenvalue weighted by Crippen LogP contribution is -2.47. The SMILES string of the molecule is CN(c1ccnc(C2CC2)n1)C1CCCN(c2ncc(Br)cc2F)C1. The second-order valence-electron chi connectivity index (χ2n) is 6.86. The molecule has 3 heterocycles. The van der Waals surface area contributed by atoms with Crippen molar-refractivity contribution in [1.29, 1.82) is 0 Å². The summed E-state index contributed by atoms with van der Waals surface area (Å²) in [6, 6.07) is 3.71. The largest absolute Gasteiger partial charge is 0.355 e. The lowest BCUT2D eigenvalue weighted by atomic mass is 10.0. The Morgan fingerprint density at radius 1 is 1.28 bits per heavy atom. The molecule has 2 aliphatic rings. The maximum atomic E-state index is 14.3. The molecule has 2 aromatic heterocycles. The van der Waals surface area contributed by atoms with E-state index in [0.29, 0.717) is 16.2 Å². The summed E-state index contributed by atoms with van der Waals surface area (Å²) >= 11 is 3.27. The fraction of sp³-hybridized carbons (Fsp3) is 0.500. The molecule has 0 N–H and O–H groups in total. The maximum absolute atomic E-state index is 14.3. The van der Waals surface area contributed by atoms with Gasteiger partial charge in [-0.15, -0.1) is 0 Å². The van der Waals surface area contributed by atoms with E-state index >= 15 is 0 Å². The van der Waals surface area contributed by atoms with Crippen LogP contribution in [0.1, 0.15) is 37.4 Å². The smallest absolute Gasteiger partial charge is 0.166 e. The molecule has 0 bridgehead atoms. The third-order valence-corrected chi connectivity index (χ3v) is 5.43. The predicted molar refractivity (Wildman–Crippen MR) is 99.5 cm³/mol. The summed E-state index contributed by atoms with van der Waals surface area (Å²) in [7, 11) is 2.07. The fourth-order valence-corrected chi connectivity index (χ4v) is 3.69. The van der Waals surface area contributed by atoms with Gasteiger partial charge in [0.2, 0.25) is 0 Å². The van der Waals surface area contributed by atoms with E-state index in [4.69, 9.17) is 4.98 Å². The number of anilines is 2. The number of nitrogens with zero attached hydrogens (tertiary/aromatic N) is 5. The van der Waals surface area contributed by atoms with E-state index in [0.717, 1.165) is 37.6 Å². The molecule has 0 spiro atoms. The number of hydrogen-bond donors (Lipinski definition) is 0. The maximum Gasteiger partial charge on any atom is 0.166 e. The minimum absolute atomic E-state index is 0.278. The first-order valence-electron chi connectivity index (χ1n) is 8.73. The molecule has 5 nitrogen and oxygen atoms in total. The molecule has 4 rings (SSSR count). The monoisotopic (exact) mass is 405 g/mol. The van der Waals surface area contributed by atoms with Crippen LogP contribution < -0.4 is 9.80 Å². The second kappa shape index (κ2) is 6.86. The number of hydrogen-bond acceptors (Lipinski definition) is 5. The van der Waals surface area contributed by atoms with Crippen LogP contribution in [0.3, 0.4) is 0 Å². The van der Waals surface area contributed by atoms with Crippen molar-refractivity contribution >= 4 is 27.6 Å². The summed E-state index contributed by atoms with van der Waals surface area (Å²) in [5, 5.41) is 0. The van der Waals surface area contributed by atoms with E-state index in [-0.39, 0.29) is 11.9 Å². The van der Waals surface area contributed by atoms with Gasteiger partial charge < -0.3 is 9.80 Å². The zero-order chi connectivity index (χ0) is 17.4. The van der Waals surface area contributed by atoms with Gasteiger partial charge in [-0.2, -0.15) is 0 Å². The van der Waals surface area contributed by atoms with Gasteiger partial charge in [0.1, 0.15) is 11.6 Å². The van der Waals surface area contributed by atoms with Crippen LogP contribution in [-0.4, -0.2) is 41.1 Å². The zero-order valence-corrected chi connectivity index (χ0v) is 15.8. The Labute approximate surface area is 155 Å². The fourth-order valence-electron chi connectivity index (χ4n) is 3.39. The van der Waals surface area contributed by atoms with Crippen LogP contribution in [0.25, 0.3) is 0 Å². The van der Waals surface area contributed by atoms with Crippen molar-refractivity contribution in [3.05, 3.63) is 40.6 Å². The Hall–Kier alpha value is -1.76. The first kappa shape index (κ1) is 16.7. The first-order chi connectivity index (χ1) is 12.1. The van der Waals surface area contributed by atoms with Crippen molar-refractivity contribution in [3.63, 3.8) is 0 Å². The van der Waals surface area contributed by atoms with Gasteiger partial charge in [0.25, 0.3) is 0 Å². The highest BCUT2D eigenvalue weighted by Gasteiger charge is 2.29. The Morgan fingerprint density at radius 2 is 2.12 bits per heavy atom. The summed E-state index contributed by atoms with van der Waals surface area (Å²) in [6.07, 6.45) is 7.96. The van der Waals surface area contributed by atoms with Gasteiger partial charge >= 0.3 is 0 Å². The van der Waals surface area contributed by atoms with E-state index in [2.05, 4.69) is 37.8 Å². The normalized spacial score (nSPS) is 20.6. The van der Waals surface area contributed by atoms with E-state index in [1.807, 2.05) is 17.2 Å². The van der Waals surface area contributed by atoms with Crippen LogP contribution >= 0.6 is 15.9 Å². The molecular weight excluding hydrogens is 385 g/mol. The van der Waals surface area contributed by atoms with Gasteiger partial charge in [0.05, 0.1) is 0 Å². The van der Waals surface area contributed by atoms with Crippen molar-refractivity contribution in [2.24, 2.45) is 0 Å². The highest BCUT2D eigenvalue weighted by atomic mass is 79.9. The molecule has 132 valence electrons. The van der Waals surface area contributed by atoms with E-state index in [1.165, 1.54) is 18.9 Å². The van der Waals surface area contributed by atoms with Gasteiger partial charge in [-0.25, -0.2) is 19.3 Å². The Balaban J connectivity index is 1.51. The summed E-state index contributed by atoms with van der Waals surface area (Å²) in [6.45, 7) is 1.57. The van der Waals surface area contributed by atoms with Crippen molar-refractivity contribution in [2.75, 3.05) is 29.9 Å². The number of rotatable bonds is 4. The summed E-state index contributed by atoms with van der Waals surface area (Å²) < 4.78 is 14.9. The molecule has 1 atom stereocenters. The van der Waals surface area contributed by atoms with Crippen molar-refractivity contribution < 1.29 is 4.39 Å². The van der Waals surface area contributed by atoms with Crippen LogP contribution in [0.5, 0.6) is 0 Å². The third-order valence-electron chi connectivity index (χ3n) is 5.00. The highest BCUT2D eigenvalue weighted by Crippen LogP contribution is 2.38. The number of piperidine rings is 1. The van der Waals surface area contributed by atoms with E-state index in [9.17, 15) is 4.39 Å². The van der Waals surface area contributed by atoms with Crippen molar-refractivity contribution in [1.82, 2.24) is 15.0 Å². The van der Waals surface area contributed by atoms with Crippen molar-refractivity contribution in [3.8, 4) is 0 Å². The minimum Gasteiger partial charge on any atom is -0.355 e. The van der Waals surface area contributed by atoms with Crippen LogP contribution in [0, 0.1) is 5.82 Å². The van der Waals surface area contributed by atoms with E-state index < -0.39 is 0 Å². The summed E-state index contributed by atoms with van der Waals surface area (Å²) in [4.78, 5) is 17.7. The van der Waals surface area contributed by atoms with E-state index in [1.54, 1.807) is 6.20 Å². The minimum atomic E-state index is -0.282. The molecular formula is C18H21BrFN5. The van der Waals surface area contributed by atoms with Gasteiger partial charge in [0.15, 0.2) is 11.6 Å². The average Bonchev–Trinajstić information content (AvgIpc) is 3.46. The molecule has 1 saturated carbocycles. The molecule has 1 unspecified atom stereocenters. The van der Waals surface area contributed by atoms with Crippen LogP contribution in [-0.2, 0) is 0 Å². The molecule has 0 aromatic carbocycles. The Bertz CT molecular complexity index is 767. The Morgan fingerprint density at radius 3 is 2.88 bits per heavy atom. The average molecular weight is 406 g/mol. The topological polar surface area (TPSA) is 45.2 Å². The second-order valence-corrected chi connectivity index (χ2v) is 7.77. The van der Waals surface area contributed by atoms with Crippen molar-refractivity contribution in [2.45, 2.75) is 37.6 Å². The summed E-state index contributed by atoms with van der Waals surface area (Å²) in [5.74, 6) is 2.60. The molecule has 1 saturated heterocycles. The lowest BCUT2D eigenvalue weighted by molar-refractivity contribution is 0.475. The molecule has 1 aliphatic carbocycles. The predicted octanol–water partition coefficient (Wildman–Crippen LogP) is 3.76. The number of aromatic nitrogens is 3. The molecule has 0 radical (unpaired) electrons. The number of pyridine rings is 1. The zero-order valence-electron chi connectivity index (χ0n) is 14.2. The molecule has 0 amide bonds. The van der Waals surface area contributed by atoms with Crippen LogP contribution in [0.2, 0.25) is 0 Å². The first-order valence-corrected chi connectivity index (χ1v) is 9.53. The molecule has 2 fully saturated rings. The number of likely N-dealkylation sites (N-methyl/N-ethyl adjacent to an activating group) is 1.